The molecular weight excluding hydrogens is 330 g/mol. The summed E-state index contributed by atoms with van der Waals surface area (Å²) < 4.78 is 75.3. The normalized spacial score (nSPS) is 13.3. The van der Waals surface area contributed by atoms with Crippen LogP contribution in [-0.4, -0.2) is 9.97 Å². The second kappa shape index (κ2) is 3.87. The maximum absolute atomic E-state index is 12.7. The molecule has 0 bridgehead atoms. The number of fused-ring (bicyclic) bond motifs is 1. The van der Waals surface area contributed by atoms with Crippen LogP contribution in [0.1, 0.15) is 11.1 Å². The number of nitrogens with zero attached hydrogens (tertiary/aromatic N) is 1. The second-order valence-corrected chi connectivity index (χ2v) is 4.19. The standard InChI is InChI=1S/C9H3BrF6N2/c10-7-17-5-2-3(8(11,12)13)1-4(6(5)18-7)9(14,15)16/h1-2H,(H,17,18). The lowest BCUT2D eigenvalue weighted by atomic mass is 10.1. The molecule has 0 atom stereocenters. The van der Waals surface area contributed by atoms with Gasteiger partial charge in [0.25, 0.3) is 0 Å². The SMILES string of the molecule is FC(F)(F)c1cc(C(F)(F)F)c2nc(Br)[nH]c2c1. The summed E-state index contributed by atoms with van der Waals surface area (Å²) in [5, 5.41) is 0. The number of alkyl halides is 6. The molecule has 98 valence electrons. The van der Waals surface area contributed by atoms with Gasteiger partial charge in [0, 0.05) is 0 Å². The first-order chi connectivity index (χ1) is 8.09. The van der Waals surface area contributed by atoms with E-state index >= 15 is 0 Å². The molecule has 2 rings (SSSR count). The number of hydrogen-bond donors (Lipinski definition) is 1. The summed E-state index contributed by atoms with van der Waals surface area (Å²) in [6.45, 7) is 0. The van der Waals surface area contributed by atoms with Crippen LogP contribution >= 0.6 is 15.9 Å². The molecule has 0 saturated heterocycles. The molecular formula is C9H3BrF6N2. The Labute approximate surface area is 104 Å². The molecule has 0 saturated carbocycles. The highest BCUT2D eigenvalue weighted by Gasteiger charge is 2.39. The Balaban J connectivity index is 2.81. The Kier molecular flexibility index (Phi) is 2.84. The Morgan fingerprint density at radius 1 is 1.00 bits per heavy atom. The number of imidazole rings is 1. The molecule has 0 unspecified atom stereocenters. The van der Waals surface area contributed by atoms with Crippen molar-refractivity contribution in [1.29, 1.82) is 0 Å². The molecule has 2 nitrogen and oxygen atoms in total. The van der Waals surface area contributed by atoms with Crippen molar-refractivity contribution >= 4 is 27.0 Å². The molecule has 0 radical (unpaired) electrons. The van der Waals surface area contributed by atoms with Crippen LogP contribution in [0.25, 0.3) is 11.0 Å². The lowest BCUT2D eigenvalue weighted by Crippen LogP contribution is -2.11. The number of rotatable bonds is 0. The van der Waals surface area contributed by atoms with Crippen LogP contribution in [0.2, 0.25) is 0 Å². The summed E-state index contributed by atoms with van der Waals surface area (Å²) in [5.74, 6) is 0. The molecule has 0 amide bonds. The zero-order valence-electron chi connectivity index (χ0n) is 8.25. The van der Waals surface area contributed by atoms with Gasteiger partial charge in [-0.2, -0.15) is 26.3 Å². The van der Waals surface area contributed by atoms with Gasteiger partial charge < -0.3 is 4.98 Å². The summed E-state index contributed by atoms with van der Waals surface area (Å²) in [7, 11) is 0. The van der Waals surface area contributed by atoms with E-state index in [9.17, 15) is 26.3 Å². The molecule has 18 heavy (non-hydrogen) atoms. The fraction of sp³-hybridized carbons (Fsp3) is 0.222. The third-order valence-electron chi connectivity index (χ3n) is 2.19. The van der Waals surface area contributed by atoms with E-state index < -0.39 is 29.0 Å². The average molecular weight is 333 g/mol. The number of aromatic amines is 1. The van der Waals surface area contributed by atoms with Gasteiger partial charge in [0.05, 0.1) is 16.6 Å². The monoisotopic (exact) mass is 332 g/mol. The maximum atomic E-state index is 12.7. The van der Waals surface area contributed by atoms with E-state index in [4.69, 9.17) is 0 Å². The van der Waals surface area contributed by atoms with Crippen molar-refractivity contribution in [2.24, 2.45) is 0 Å². The fourth-order valence-corrected chi connectivity index (χ4v) is 1.86. The van der Waals surface area contributed by atoms with Crippen molar-refractivity contribution in [2.45, 2.75) is 12.4 Å². The van der Waals surface area contributed by atoms with Gasteiger partial charge in [-0.15, -0.1) is 0 Å². The molecule has 0 aliphatic heterocycles. The molecule has 0 aliphatic rings. The first-order valence-corrected chi connectivity index (χ1v) is 5.22. The topological polar surface area (TPSA) is 28.7 Å². The van der Waals surface area contributed by atoms with Crippen molar-refractivity contribution in [3.05, 3.63) is 28.0 Å². The minimum Gasteiger partial charge on any atom is -0.332 e. The van der Waals surface area contributed by atoms with Crippen LogP contribution < -0.4 is 0 Å². The van der Waals surface area contributed by atoms with Gasteiger partial charge in [-0.25, -0.2) is 4.98 Å². The van der Waals surface area contributed by atoms with Crippen molar-refractivity contribution in [2.75, 3.05) is 0 Å². The van der Waals surface area contributed by atoms with Gasteiger partial charge in [-0.3, -0.25) is 0 Å². The third kappa shape index (κ3) is 2.31. The largest absolute Gasteiger partial charge is 0.418 e. The van der Waals surface area contributed by atoms with Crippen molar-refractivity contribution < 1.29 is 26.3 Å². The van der Waals surface area contributed by atoms with E-state index in [1.165, 1.54) is 0 Å². The first kappa shape index (κ1) is 13.2. The second-order valence-electron chi connectivity index (χ2n) is 3.44. The van der Waals surface area contributed by atoms with Crippen LogP contribution in [0.3, 0.4) is 0 Å². The minimum atomic E-state index is -4.91. The van der Waals surface area contributed by atoms with E-state index in [1.54, 1.807) is 0 Å². The van der Waals surface area contributed by atoms with E-state index in [2.05, 4.69) is 25.9 Å². The molecule has 1 N–H and O–H groups in total. The number of H-pyrrole nitrogens is 1. The Morgan fingerprint density at radius 3 is 2.11 bits per heavy atom. The van der Waals surface area contributed by atoms with Crippen LogP contribution in [-0.2, 0) is 12.4 Å². The maximum Gasteiger partial charge on any atom is 0.418 e. The van der Waals surface area contributed by atoms with Gasteiger partial charge >= 0.3 is 12.4 Å². The molecule has 0 spiro atoms. The summed E-state index contributed by atoms with van der Waals surface area (Å²) in [6, 6.07) is 0.637. The highest BCUT2D eigenvalue weighted by molar-refractivity contribution is 9.10. The number of aromatic nitrogens is 2. The minimum absolute atomic E-state index is 0.0512. The van der Waals surface area contributed by atoms with Crippen LogP contribution in [0.5, 0.6) is 0 Å². The Morgan fingerprint density at radius 2 is 1.61 bits per heavy atom. The quantitative estimate of drug-likeness (QED) is 0.713. The van der Waals surface area contributed by atoms with Gasteiger partial charge in [0.1, 0.15) is 5.52 Å². The highest BCUT2D eigenvalue weighted by atomic mass is 79.9. The summed E-state index contributed by atoms with van der Waals surface area (Å²) in [5.41, 5.74) is -3.68. The van der Waals surface area contributed by atoms with E-state index in [0.717, 1.165) is 0 Å². The Bertz CT molecular complexity index is 597. The molecule has 1 heterocycles. The fourth-order valence-electron chi connectivity index (χ4n) is 1.47. The lowest BCUT2D eigenvalue weighted by Gasteiger charge is -2.11. The van der Waals surface area contributed by atoms with Gasteiger partial charge in [-0.1, -0.05) is 0 Å². The predicted octanol–water partition coefficient (Wildman–Crippen LogP) is 4.36. The van der Waals surface area contributed by atoms with Gasteiger partial charge in [0.15, 0.2) is 4.73 Å². The molecule has 0 aliphatic carbocycles. The summed E-state index contributed by atoms with van der Waals surface area (Å²) in [6.07, 6.45) is -9.76. The molecule has 2 aromatic rings. The number of nitrogens with one attached hydrogen (secondary N) is 1. The van der Waals surface area contributed by atoms with Crippen LogP contribution in [0, 0.1) is 0 Å². The molecule has 0 fully saturated rings. The van der Waals surface area contributed by atoms with Crippen LogP contribution in [0.4, 0.5) is 26.3 Å². The zero-order valence-corrected chi connectivity index (χ0v) is 9.83. The molecule has 1 aromatic heterocycles. The van der Waals surface area contributed by atoms with Crippen LogP contribution in [0.15, 0.2) is 16.9 Å². The molecule has 1 aromatic carbocycles. The number of benzene rings is 1. The molecule has 9 heteroatoms. The van der Waals surface area contributed by atoms with E-state index in [-0.39, 0.29) is 16.3 Å². The lowest BCUT2D eigenvalue weighted by molar-refractivity contribution is -0.142. The zero-order chi connectivity index (χ0) is 13.7. The third-order valence-corrected chi connectivity index (χ3v) is 2.57. The van der Waals surface area contributed by atoms with E-state index in [1.807, 2.05) is 0 Å². The van der Waals surface area contributed by atoms with Crippen molar-refractivity contribution in [3.8, 4) is 0 Å². The van der Waals surface area contributed by atoms with Gasteiger partial charge in [-0.05, 0) is 28.1 Å². The Hall–Kier alpha value is -1.25. The smallest absolute Gasteiger partial charge is 0.332 e. The van der Waals surface area contributed by atoms with Gasteiger partial charge in [0.2, 0.25) is 0 Å². The summed E-state index contributed by atoms with van der Waals surface area (Å²) >= 11 is 2.79. The van der Waals surface area contributed by atoms with Crippen molar-refractivity contribution in [3.63, 3.8) is 0 Å². The highest BCUT2D eigenvalue weighted by Crippen LogP contribution is 2.39. The van der Waals surface area contributed by atoms with Crippen molar-refractivity contribution in [1.82, 2.24) is 9.97 Å². The average Bonchev–Trinajstić information content (AvgIpc) is 2.52. The summed E-state index contributed by atoms with van der Waals surface area (Å²) in [4.78, 5) is 5.77. The number of halogens is 7. The predicted molar refractivity (Wildman–Crippen MR) is 53.8 cm³/mol. The number of hydrogen-bond acceptors (Lipinski definition) is 1. The van der Waals surface area contributed by atoms with E-state index in [0.29, 0.717) is 6.07 Å². The first-order valence-electron chi connectivity index (χ1n) is 4.42.